The lowest BCUT2D eigenvalue weighted by molar-refractivity contribution is -0.159. The lowest BCUT2D eigenvalue weighted by atomic mass is 9.84. The normalized spacial score (nSPS) is 45.1. The molecule has 4 atom stereocenters. The lowest BCUT2D eigenvalue weighted by Crippen LogP contribution is -2.40. The van der Waals surface area contributed by atoms with Crippen molar-refractivity contribution in [3.05, 3.63) is 12.7 Å². The van der Waals surface area contributed by atoms with E-state index < -0.39 is 0 Å². The molecule has 14 heavy (non-hydrogen) atoms. The van der Waals surface area contributed by atoms with Crippen molar-refractivity contribution in [2.75, 3.05) is 0 Å². The average Bonchev–Trinajstić information content (AvgIpc) is 2.60. The van der Waals surface area contributed by atoms with Gasteiger partial charge in [0.2, 0.25) is 0 Å². The number of hydrogen-bond acceptors (Lipinski definition) is 3. The van der Waals surface area contributed by atoms with E-state index in [1.165, 1.54) is 6.08 Å². The van der Waals surface area contributed by atoms with Gasteiger partial charge in [0.1, 0.15) is 5.60 Å². The van der Waals surface area contributed by atoms with Crippen LogP contribution in [0.5, 0.6) is 0 Å². The Bertz CT molecular complexity index is 272. The zero-order valence-corrected chi connectivity index (χ0v) is 8.40. The third kappa shape index (κ3) is 1.36. The maximum atomic E-state index is 11.1. The SMILES string of the molecule is C=CC(=O)OC1(C)CC2CC1CC2O. The summed E-state index contributed by atoms with van der Waals surface area (Å²) in [5.41, 5.74) is -0.366. The van der Waals surface area contributed by atoms with Crippen molar-refractivity contribution in [1.82, 2.24) is 0 Å². The number of hydrogen-bond donors (Lipinski definition) is 1. The summed E-state index contributed by atoms with van der Waals surface area (Å²) in [7, 11) is 0. The number of fused-ring (bicyclic) bond motifs is 2. The number of aliphatic hydroxyl groups excluding tert-OH is 1. The summed E-state index contributed by atoms with van der Waals surface area (Å²) in [6.45, 7) is 5.35. The molecule has 0 spiro atoms. The number of ether oxygens (including phenoxy) is 1. The van der Waals surface area contributed by atoms with Crippen LogP contribution in [0.15, 0.2) is 12.7 Å². The first-order valence-electron chi connectivity index (χ1n) is 5.08. The second kappa shape index (κ2) is 3.09. The van der Waals surface area contributed by atoms with Gasteiger partial charge in [0.05, 0.1) is 6.10 Å². The Hall–Kier alpha value is -0.830. The van der Waals surface area contributed by atoms with Crippen molar-refractivity contribution in [2.45, 2.75) is 37.9 Å². The molecule has 0 aliphatic heterocycles. The van der Waals surface area contributed by atoms with E-state index in [0.717, 1.165) is 19.3 Å². The summed E-state index contributed by atoms with van der Waals surface area (Å²) in [6.07, 6.45) is 3.57. The van der Waals surface area contributed by atoms with Crippen LogP contribution in [0.3, 0.4) is 0 Å². The van der Waals surface area contributed by atoms with Crippen LogP contribution in [0.1, 0.15) is 26.2 Å². The first-order valence-corrected chi connectivity index (χ1v) is 5.08. The van der Waals surface area contributed by atoms with E-state index >= 15 is 0 Å². The minimum atomic E-state index is -0.366. The van der Waals surface area contributed by atoms with Crippen LogP contribution in [0.25, 0.3) is 0 Å². The molecule has 0 radical (unpaired) electrons. The summed E-state index contributed by atoms with van der Waals surface area (Å²) < 4.78 is 5.36. The second-order valence-electron chi connectivity index (χ2n) is 4.64. The van der Waals surface area contributed by atoms with Gasteiger partial charge >= 0.3 is 5.97 Å². The van der Waals surface area contributed by atoms with E-state index in [0.29, 0.717) is 11.8 Å². The van der Waals surface area contributed by atoms with Crippen LogP contribution >= 0.6 is 0 Å². The maximum absolute atomic E-state index is 11.1. The summed E-state index contributed by atoms with van der Waals surface area (Å²) in [4.78, 5) is 11.1. The van der Waals surface area contributed by atoms with E-state index in [9.17, 15) is 9.90 Å². The van der Waals surface area contributed by atoms with Crippen LogP contribution in [0, 0.1) is 11.8 Å². The number of carbonyl (C=O) groups excluding carboxylic acids is 1. The van der Waals surface area contributed by atoms with Gasteiger partial charge in [-0.25, -0.2) is 4.79 Å². The largest absolute Gasteiger partial charge is 0.456 e. The Balaban J connectivity index is 2.06. The summed E-state index contributed by atoms with van der Waals surface area (Å²) in [6, 6.07) is 0. The topological polar surface area (TPSA) is 46.5 Å². The van der Waals surface area contributed by atoms with Crippen molar-refractivity contribution in [3.63, 3.8) is 0 Å². The number of carbonyl (C=O) groups is 1. The molecule has 0 saturated heterocycles. The quantitative estimate of drug-likeness (QED) is 0.534. The van der Waals surface area contributed by atoms with Gasteiger partial charge in [-0.2, -0.15) is 0 Å². The molecular formula is C11H16O3. The molecule has 1 N–H and O–H groups in total. The molecule has 0 aromatic carbocycles. The van der Waals surface area contributed by atoms with Crippen LogP contribution in [0.4, 0.5) is 0 Å². The van der Waals surface area contributed by atoms with E-state index in [4.69, 9.17) is 4.74 Å². The van der Waals surface area contributed by atoms with Crippen LogP contribution < -0.4 is 0 Å². The molecule has 2 bridgehead atoms. The lowest BCUT2D eigenvalue weighted by Gasteiger charge is -2.34. The fourth-order valence-electron chi connectivity index (χ4n) is 2.90. The number of rotatable bonds is 2. The Morgan fingerprint density at radius 1 is 1.64 bits per heavy atom. The zero-order chi connectivity index (χ0) is 10.3. The fourth-order valence-corrected chi connectivity index (χ4v) is 2.90. The van der Waals surface area contributed by atoms with Gasteiger partial charge in [-0.1, -0.05) is 6.58 Å². The molecule has 2 rings (SSSR count). The first kappa shape index (κ1) is 9.71. The highest BCUT2D eigenvalue weighted by molar-refractivity contribution is 5.81. The molecule has 78 valence electrons. The van der Waals surface area contributed by atoms with Gasteiger partial charge in [0.15, 0.2) is 0 Å². The van der Waals surface area contributed by atoms with E-state index in [2.05, 4.69) is 6.58 Å². The molecular weight excluding hydrogens is 180 g/mol. The molecule has 3 heteroatoms. The van der Waals surface area contributed by atoms with Gasteiger partial charge in [-0.3, -0.25) is 0 Å². The Morgan fingerprint density at radius 2 is 2.36 bits per heavy atom. The third-order valence-electron chi connectivity index (χ3n) is 3.69. The predicted octanol–water partition coefficient (Wildman–Crippen LogP) is 1.27. The van der Waals surface area contributed by atoms with Crippen LogP contribution in [0.2, 0.25) is 0 Å². The van der Waals surface area contributed by atoms with Gasteiger partial charge < -0.3 is 9.84 Å². The van der Waals surface area contributed by atoms with Crippen molar-refractivity contribution in [2.24, 2.45) is 11.8 Å². The summed E-state index contributed by atoms with van der Waals surface area (Å²) >= 11 is 0. The number of esters is 1. The highest BCUT2D eigenvalue weighted by Crippen LogP contribution is 2.52. The highest BCUT2D eigenvalue weighted by atomic mass is 16.6. The first-order chi connectivity index (χ1) is 6.55. The molecule has 0 heterocycles. The molecule has 0 amide bonds. The van der Waals surface area contributed by atoms with Crippen molar-refractivity contribution in [3.8, 4) is 0 Å². The number of aliphatic hydroxyl groups is 1. The molecule has 2 fully saturated rings. The fraction of sp³-hybridized carbons (Fsp3) is 0.727. The Kier molecular flexibility index (Phi) is 2.14. The monoisotopic (exact) mass is 196 g/mol. The minimum Gasteiger partial charge on any atom is -0.456 e. The van der Waals surface area contributed by atoms with Gasteiger partial charge in [-0.05, 0) is 32.1 Å². The minimum absolute atomic E-state index is 0.185. The van der Waals surface area contributed by atoms with Crippen LogP contribution in [-0.4, -0.2) is 22.8 Å². The molecule has 2 aliphatic carbocycles. The molecule has 2 aliphatic rings. The van der Waals surface area contributed by atoms with Gasteiger partial charge in [-0.15, -0.1) is 0 Å². The zero-order valence-electron chi connectivity index (χ0n) is 8.40. The van der Waals surface area contributed by atoms with Crippen molar-refractivity contribution >= 4 is 5.97 Å². The smallest absolute Gasteiger partial charge is 0.330 e. The third-order valence-corrected chi connectivity index (χ3v) is 3.69. The van der Waals surface area contributed by atoms with E-state index in [1.807, 2.05) is 6.92 Å². The molecule has 4 unspecified atom stereocenters. The van der Waals surface area contributed by atoms with Gasteiger partial charge in [0.25, 0.3) is 0 Å². The van der Waals surface area contributed by atoms with Crippen molar-refractivity contribution in [1.29, 1.82) is 0 Å². The Morgan fingerprint density at radius 3 is 2.79 bits per heavy atom. The molecule has 3 nitrogen and oxygen atoms in total. The van der Waals surface area contributed by atoms with Crippen molar-refractivity contribution < 1.29 is 14.6 Å². The predicted molar refractivity (Wildman–Crippen MR) is 51.5 cm³/mol. The summed E-state index contributed by atoms with van der Waals surface area (Å²) in [5, 5.41) is 9.58. The highest BCUT2D eigenvalue weighted by Gasteiger charge is 2.54. The maximum Gasteiger partial charge on any atom is 0.330 e. The van der Waals surface area contributed by atoms with E-state index in [-0.39, 0.29) is 17.7 Å². The molecule has 0 aromatic rings. The van der Waals surface area contributed by atoms with E-state index in [1.54, 1.807) is 0 Å². The van der Waals surface area contributed by atoms with Gasteiger partial charge in [0, 0.05) is 12.0 Å². The standard InChI is InChI=1S/C11H16O3/c1-3-10(13)14-11(2)6-7-4-8(11)5-9(7)12/h3,7-9,12H,1,4-6H2,2H3. The molecule has 2 saturated carbocycles. The average molecular weight is 196 g/mol. The summed E-state index contributed by atoms with van der Waals surface area (Å²) in [5.74, 6) is 0.295. The molecule has 0 aromatic heterocycles. The van der Waals surface area contributed by atoms with Crippen LogP contribution in [-0.2, 0) is 9.53 Å². The Labute approximate surface area is 83.8 Å². The second-order valence-corrected chi connectivity index (χ2v) is 4.64.